The molecular weight excluding hydrogens is 320 g/mol. The van der Waals surface area contributed by atoms with E-state index in [0.29, 0.717) is 11.8 Å². The minimum atomic E-state index is 0.350. The molecular formula is C23H35N2O+. The number of nitrogens with zero attached hydrogens (tertiary/aromatic N) is 2. The molecule has 0 aliphatic heterocycles. The van der Waals surface area contributed by atoms with Crippen LogP contribution in [0.25, 0.3) is 5.69 Å². The van der Waals surface area contributed by atoms with Gasteiger partial charge < -0.3 is 5.11 Å². The summed E-state index contributed by atoms with van der Waals surface area (Å²) in [4.78, 5) is 0. The molecule has 3 heteroatoms. The van der Waals surface area contributed by atoms with E-state index in [-0.39, 0.29) is 0 Å². The van der Waals surface area contributed by atoms with E-state index in [1.807, 2.05) is 12.1 Å². The van der Waals surface area contributed by atoms with Gasteiger partial charge in [0.2, 0.25) is 6.33 Å². The lowest BCUT2D eigenvalue weighted by atomic mass is 9.98. The molecule has 1 aromatic carbocycles. The molecule has 0 bridgehead atoms. The standard InChI is InChI=1S/C23H34N2O/c1-19-16-22(26)17-20(2)23(19)25-15-14-24(18-25)21-12-10-8-6-4-3-5-7-9-11-13-21/h14-18,21H,3-13H2,1-2H3/p+1. The van der Waals surface area contributed by atoms with E-state index in [1.165, 1.54) is 76.3 Å². The molecule has 0 unspecified atom stereocenters. The Morgan fingerprint density at radius 3 is 1.88 bits per heavy atom. The molecule has 1 aromatic heterocycles. The molecule has 3 nitrogen and oxygen atoms in total. The van der Waals surface area contributed by atoms with Crippen LogP contribution < -0.4 is 4.57 Å². The number of phenolic OH excluding ortho intramolecular Hbond substituents is 1. The highest BCUT2D eigenvalue weighted by atomic mass is 16.3. The SMILES string of the molecule is Cc1cc(O)cc(C)c1-n1cc[n+](C2CCCCCCCCCCC2)c1. The van der Waals surface area contributed by atoms with Gasteiger partial charge in [0.05, 0.1) is 0 Å². The van der Waals surface area contributed by atoms with Crippen molar-refractivity contribution in [2.24, 2.45) is 0 Å². The van der Waals surface area contributed by atoms with Crippen LogP contribution in [0.2, 0.25) is 0 Å². The largest absolute Gasteiger partial charge is 0.508 e. The van der Waals surface area contributed by atoms with Crippen molar-refractivity contribution in [3.05, 3.63) is 42.0 Å². The minimum absolute atomic E-state index is 0.350. The van der Waals surface area contributed by atoms with Gasteiger partial charge in [0.15, 0.2) is 0 Å². The Morgan fingerprint density at radius 2 is 1.35 bits per heavy atom. The Labute approximate surface area is 158 Å². The number of rotatable bonds is 2. The van der Waals surface area contributed by atoms with Gasteiger partial charge in [-0.25, -0.2) is 9.13 Å². The maximum absolute atomic E-state index is 9.81. The topological polar surface area (TPSA) is 29.0 Å². The maximum atomic E-state index is 9.81. The first-order valence-electron chi connectivity index (χ1n) is 10.5. The molecule has 3 rings (SSSR count). The quantitative estimate of drug-likeness (QED) is 0.664. The van der Waals surface area contributed by atoms with Crippen molar-refractivity contribution >= 4 is 0 Å². The van der Waals surface area contributed by atoms with E-state index < -0.39 is 0 Å². The number of benzene rings is 1. The van der Waals surface area contributed by atoms with Crippen molar-refractivity contribution in [1.29, 1.82) is 0 Å². The van der Waals surface area contributed by atoms with Gasteiger partial charge in [0, 0.05) is 11.1 Å². The second kappa shape index (κ2) is 9.25. The van der Waals surface area contributed by atoms with Crippen LogP contribution in [-0.4, -0.2) is 9.67 Å². The van der Waals surface area contributed by atoms with E-state index in [9.17, 15) is 5.11 Å². The molecule has 142 valence electrons. The molecule has 0 radical (unpaired) electrons. The van der Waals surface area contributed by atoms with Crippen molar-refractivity contribution in [2.45, 2.75) is 90.5 Å². The first-order valence-corrected chi connectivity index (χ1v) is 10.5. The lowest BCUT2D eigenvalue weighted by Crippen LogP contribution is -2.37. The summed E-state index contributed by atoms with van der Waals surface area (Å²) in [6.45, 7) is 4.14. The summed E-state index contributed by atoms with van der Waals surface area (Å²) in [7, 11) is 0. The highest BCUT2D eigenvalue weighted by Crippen LogP contribution is 2.25. The molecule has 26 heavy (non-hydrogen) atoms. The predicted molar refractivity (Wildman–Crippen MR) is 107 cm³/mol. The van der Waals surface area contributed by atoms with Crippen LogP contribution in [0.15, 0.2) is 30.9 Å². The molecule has 0 saturated heterocycles. The smallest absolute Gasteiger partial charge is 0.249 e. The zero-order valence-electron chi connectivity index (χ0n) is 16.6. The van der Waals surface area contributed by atoms with Gasteiger partial charge >= 0.3 is 0 Å². The monoisotopic (exact) mass is 355 g/mol. The Kier molecular flexibility index (Phi) is 6.76. The summed E-state index contributed by atoms with van der Waals surface area (Å²) in [6.07, 6.45) is 21.8. The van der Waals surface area contributed by atoms with Gasteiger partial charge in [-0.3, -0.25) is 0 Å². The second-order valence-corrected chi connectivity index (χ2v) is 8.11. The molecule has 1 heterocycles. The number of hydrogen-bond donors (Lipinski definition) is 1. The first-order chi connectivity index (χ1) is 12.6. The summed E-state index contributed by atoms with van der Waals surface area (Å²) in [5.41, 5.74) is 3.42. The number of aryl methyl sites for hydroxylation is 2. The summed E-state index contributed by atoms with van der Waals surface area (Å²) >= 11 is 0. The third-order valence-corrected chi connectivity index (χ3v) is 5.89. The second-order valence-electron chi connectivity index (χ2n) is 8.11. The van der Waals surface area contributed by atoms with Crippen LogP contribution in [0, 0.1) is 13.8 Å². The summed E-state index contributed by atoms with van der Waals surface area (Å²) in [6, 6.07) is 4.32. The third kappa shape index (κ3) is 4.90. The maximum Gasteiger partial charge on any atom is 0.249 e. The van der Waals surface area contributed by atoms with Gasteiger partial charge in [0.1, 0.15) is 29.9 Å². The van der Waals surface area contributed by atoms with Crippen molar-refractivity contribution in [2.75, 3.05) is 0 Å². The van der Waals surface area contributed by atoms with E-state index >= 15 is 0 Å². The van der Waals surface area contributed by atoms with Gasteiger partial charge in [0.25, 0.3) is 0 Å². The number of hydrogen-bond acceptors (Lipinski definition) is 1. The van der Waals surface area contributed by atoms with Crippen molar-refractivity contribution in [3.63, 3.8) is 0 Å². The fourth-order valence-corrected chi connectivity index (χ4v) is 4.50. The Balaban J connectivity index is 1.76. The number of aromatic hydroxyl groups is 1. The third-order valence-electron chi connectivity index (χ3n) is 5.89. The number of phenols is 1. The fourth-order valence-electron chi connectivity index (χ4n) is 4.50. The average molecular weight is 356 g/mol. The molecule has 2 aromatic rings. The molecule has 1 fully saturated rings. The lowest BCUT2D eigenvalue weighted by Gasteiger charge is -2.15. The van der Waals surface area contributed by atoms with E-state index in [0.717, 1.165) is 11.1 Å². The van der Waals surface area contributed by atoms with Crippen LogP contribution in [0.4, 0.5) is 0 Å². The zero-order valence-corrected chi connectivity index (χ0v) is 16.6. The van der Waals surface area contributed by atoms with Gasteiger partial charge in [-0.2, -0.15) is 0 Å². The van der Waals surface area contributed by atoms with Gasteiger partial charge in [-0.1, -0.05) is 44.9 Å². The highest BCUT2D eigenvalue weighted by Gasteiger charge is 2.19. The molecule has 1 saturated carbocycles. The molecule has 1 aliphatic rings. The van der Waals surface area contributed by atoms with Crippen molar-refractivity contribution in [1.82, 2.24) is 4.57 Å². The lowest BCUT2D eigenvalue weighted by molar-refractivity contribution is -0.723. The predicted octanol–water partition coefficient (Wildman–Crippen LogP) is 5.93. The summed E-state index contributed by atoms with van der Waals surface area (Å²) < 4.78 is 4.65. The average Bonchev–Trinajstić information content (AvgIpc) is 3.04. The van der Waals surface area contributed by atoms with Gasteiger partial charge in [-0.05, 0) is 51.7 Å². The van der Waals surface area contributed by atoms with Crippen LogP contribution in [0.1, 0.15) is 87.8 Å². The Morgan fingerprint density at radius 1 is 0.846 bits per heavy atom. The molecule has 1 N–H and O–H groups in total. The summed E-state index contributed by atoms with van der Waals surface area (Å²) in [5.74, 6) is 0.350. The molecule has 0 spiro atoms. The normalized spacial score (nSPS) is 18.2. The number of aromatic nitrogens is 2. The van der Waals surface area contributed by atoms with Crippen LogP contribution in [-0.2, 0) is 0 Å². The highest BCUT2D eigenvalue weighted by molar-refractivity contribution is 5.50. The Hall–Kier alpha value is -1.77. The molecule has 0 amide bonds. The summed E-state index contributed by atoms with van der Waals surface area (Å²) in [5, 5.41) is 9.81. The number of imidazole rings is 1. The molecule has 0 atom stereocenters. The Bertz CT molecular complexity index is 669. The van der Waals surface area contributed by atoms with Crippen molar-refractivity contribution in [3.8, 4) is 11.4 Å². The van der Waals surface area contributed by atoms with E-state index in [4.69, 9.17) is 0 Å². The molecule has 1 aliphatic carbocycles. The van der Waals surface area contributed by atoms with Crippen LogP contribution in [0.3, 0.4) is 0 Å². The fraction of sp³-hybridized carbons (Fsp3) is 0.609. The first kappa shape index (κ1) is 19.0. The zero-order chi connectivity index (χ0) is 18.4. The minimum Gasteiger partial charge on any atom is -0.508 e. The van der Waals surface area contributed by atoms with Crippen molar-refractivity contribution < 1.29 is 9.67 Å². The van der Waals surface area contributed by atoms with Crippen LogP contribution in [0.5, 0.6) is 5.75 Å². The van der Waals surface area contributed by atoms with E-state index in [2.05, 4.69) is 41.7 Å². The van der Waals surface area contributed by atoms with Gasteiger partial charge in [-0.15, -0.1) is 0 Å². The van der Waals surface area contributed by atoms with E-state index in [1.54, 1.807) is 0 Å². The van der Waals surface area contributed by atoms with Crippen LogP contribution >= 0.6 is 0 Å².